The summed E-state index contributed by atoms with van der Waals surface area (Å²) in [6, 6.07) is 7.52. The molecule has 0 heterocycles. The molecule has 1 aromatic rings. The largest absolute Gasteiger partial charge is 0.313 e. The molecular formula is C16H26FNS. The van der Waals surface area contributed by atoms with Crippen LogP contribution in [0.4, 0.5) is 4.39 Å². The highest BCUT2D eigenvalue weighted by Crippen LogP contribution is 2.25. The van der Waals surface area contributed by atoms with Gasteiger partial charge in [0.25, 0.3) is 0 Å². The van der Waals surface area contributed by atoms with E-state index >= 15 is 0 Å². The molecule has 0 aliphatic rings. The van der Waals surface area contributed by atoms with E-state index in [1.807, 2.05) is 12.1 Å². The van der Waals surface area contributed by atoms with Crippen molar-refractivity contribution in [1.29, 1.82) is 0 Å². The van der Waals surface area contributed by atoms with Crippen molar-refractivity contribution in [3.63, 3.8) is 0 Å². The fourth-order valence-corrected chi connectivity index (χ4v) is 3.42. The van der Waals surface area contributed by atoms with Crippen molar-refractivity contribution >= 4 is 11.8 Å². The van der Waals surface area contributed by atoms with E-state index in [0.29, 0.717) is 12.0 Å². The minimum atomic E-state index is -0.105. The summed E-state index contributed by atoms with van der Waals surface area (Å²) in [4.78, 5) is 0.761. The van der Waals surface area contributed by atoms with Gasteiger partial charge in [-0.15, -0.1) is 11.8 Å². The second kappa shape index (κ2) is 9.38. The third-order valence-electron chi connectivity index (χ3n) is 3.53. The summed E-state index contributed by atoms with van der Waals surface area (Å²) in [5.74, 6) is 1.50. The zero-order valence-electron chi connectivity index (χ0n) is 12.3. The molecule has 1 atom stereocenters. The van der Waals surface area contributed by atoms with Crippen LogP contribution in [0.2, 0.25) is 0 Å². The van der Waals surface area contributed by atoms with Crippen LogP contribution < -0.4 is 5.32 Å². The van der Waals surface area contributed by atoms with Crippen molar-refractivity contribution in [3.05, 3.63) is 30.1 Å². The van der Waals surface area contributed by atoms with Gasteiger partial charge in [-0.25, -0.2) is 4.39 Å². The van der Waals surface area contributed by atoms with Crippen LogP contribution in [-0.4, -0.2) is 18.3 Å². The Kier molecular flexibility index (Phi) is 8.15. The van der Waals surface area contributed by atoms with Gasteiger partial charge in [0, 0.05) is 16.7 Å². The zero-order valence-corrected chi connectivity index (χ0v) is 13.1. The summed E-state index contributed by atoms with van der Waals surface area (Å²) in [6.07, 6.45) is 3.49. The van der Waals surface area contributed by atoms with Gasteiger partial charge >= 0.3 is 0 Å². The first kappa shape index (κ1) is 16.5. The third kappa shape index (κ3) is 5.53. The Morgan fingerprint density at radius 2 is 1.84 bits per heavy atom. The first-order valence-corrected chi connectivity index (χ1v) is 8.32. The minimum absolute atomic E-state index is 0.105. The fraction of sp³-hybridized carbons (Fsp3) is 0.625. The third-order valence-corrected chi connectivity index (χ3v) is 4.70. The summed E-state index contributed by atoms with van der Waals surface area (Å²) in [7, 11) is 0. The van der Waals surface area contributed by atoms with Crippen molar-refractivity contribution in [3.8, 4) is 0 Å². The van der Waals surface area contributed by atoms with Gasteiger partial charge in [0.1, 0.15) is 5.82 Å². The van der Waals surface area contributed by atoms with E-state index in [1.165, 1.54) is 18.9 Å². The molecule has 0 saturated carbocycles. The monoisotopic (exact) mass is 283 g/mol. The fourth-order valence-electron chi connectivity index (χ4n) is 2.29. The van der Waals surface area contributed by atoms with Crippen molar-refractivity contribution in [2.45, 2.75) is 51.0 Å². The highest BCUT2D eigenvalue weighted by atomic mass is 32.2. The van der Waals surface area contributed by atoms with Gasteiger partial charge in [0.2, 0.25) is 0 Å². The lowest BCUT2D eigenvalue weighted by Gasteiger charge is -2.26. The van der Waals surface area contributed by atoms with Crippen LogP contribution in [0.15, 0.2) is 29.2 Å². The second-order valence-electron chi connectivity index (χ2n) is 4.88. The zero-order chi connectivity index (χ0) is 14.1. The van der Waals surface area contributed by atoms with E-state index in [1.54, 1.807) is 17.8 Å². The molecular weight excluding hydrogens is 257 g/mol. The molecule has 1 nitrogen and oxygen atoms in total. The molecule has 108 valence electrons. The van der Waals surface area contributed by atoms with Gasteiger partial charge in [-0.1, -0.05) is 45.7 Å². The van der Waals surface area contributed by atoms with Gasteiger partial charge in [-0.3, -0.25) is 0 Å². The van der Waals surface area contributed by atoms with Crippen LogP contribution in [-0.2, 0) is 0 Å². The van der Waals surface area contributed by atoms with E-state index in [2.05, 4.69) is 26.1 Å². The minimum Gasteiger partial charge on any atom is -0.313 e. The van der Waals surface area contributed by atoms with E-state index in [9.17, 15) is 4.39 Å². The van der Waals surface area contributed by atoms with Gasteiger partial charge < -0.3 is 5.32 Å². The lowest BCUT2D eigenvalue weighted by Crippen LogP contribution is -2.38. The number of rotatable bonds is 9. The van der Waals surface area contributed by atoms with E-state index in [4.69, 9.17) is 0 Å². The van der Waals surface area contributed by atoms with Gasteiger partial charge in [0.05, 0.1) is 0 Å². The summed E-state index contributed by atoms with van der Waals surface area (Å²) < 4.78 is 13.6. The number of hydrogen-bond acceptors (Lipinski definition) is 2. The van der Waals surface area contributed by atoms with Crippen LogP contribution in [0.1, 0.15) is 40.0 Å². The highest BCUT2D eigenvalue weighted by molar-refractivity contribution is 7.99. The maximum absolute atomic E-state index is 13.6. The van der Waals surface area contributed by atoms with Crippen LogP contribution in [0.5, 0.6) is 0 Å². The number of benzene rings is 1. The molecule has 1 unspecified atom stereocenters. The average Bonchev–Trinajstić information content (AvgIpc) is 2.43. The predicted molar refractivity (Wildman–Crippen MR) is 83.3 cm³/mol. The molecule has 0 radical (unpaired) electrons. The number of thioether (sulfide) groups is 1. The maximum Gasteiger partial charge on any atom is 0.136 e. The van der Waals surface area contributed by atoms with E-state index in [0.717, 1.165) is 23.6 Å². The van der Waals surface area contributed by atoms with Crippen molar-refractivity contribution in [2.24, 2.45) is 5.92 Å². The Hall–Kier alpha value is -0.540. The van der Waals surface area contributed by atoms with Gasteiger partial charge in [-0.2, -0.15) is 0 Å². The first-order valence-electron chi connectivity index (χ1n) is 7.33. The average molecular weight is 283 g/mol. The molecule has 0 aliphatic heterocycles. The lowest BCUT2D eigenvalue weighted by molar-refractivity contribution is 0.360. The standard InChI is InChI=1S/C16H26FNS/c1-4-11-18-15(13(5-2)6-3)12-19-16-10-8-7-9-14(16)17/h7-10,13,15,18H,4-6,11-12H2,1-3H3. The molecule has 0 aliphatic carbocycles. The number of halogens is 1. The summed E-state index contributed by atoms with van der Waals surface area (Å²) in [5, 5.41) is 3.62. The van der Waals surface area contributed by atoms with Crippen LogP contribution in [0.25, 0.3) is 0 Å². The molecule has 0 fully saturated rings. The molecule has 1 rings (SSSR count). The Labute approximate surface area is 121 Å². The Morgan fingerprint density at radius 1 is 1.16 bits per heavy atom. The second-order valence-corrected chi connectivity index (χ2v) is 5.94. The van der Waals surface area contributed by atoms with Crippen molar-refractivity contribution in [1.82, 2.24) is 5.32 Å². The van der Waals surface area contributed by atoms with Crippen LogP contribution in [0, 0.1) is 11.7 Å². The molecule has 3 heteroatoms. The number of hydrogen-bond donors (Lipinski definition) is 1. The highest BCUT2D eigenvalue weighted by Gasteiger charge is 2.18. The van der Waals surface area contributed by atoms with Crippen molar-refractivity contribution in [2.75, 3.05) is 12.3 Å². The predicted octanol–water partition coefficient (Wildman–Crippen LogP) is 4.72. The Morgan fingerprint density at radius 3 is 2.42 bits per heavy atom. The smallest absolute Gasteiger partial charge is 0.136 e. The molecule has 0 saturated heterocycles. The number of nitrogens with one attached hydrogen (secondary N) is 1. The van der Waals surface area contributed by atoms with Crippen LogP contribution >= 0.6 is 11.8 Å². The first-order chi connectivity index (χ1) is 9.22. The normalized spacial score (nSPS) is 12.9. The Balaban J connectivity index is 2.59. The Bertz CT molecular complexity index is 352. The van der Waals surface area contributed by atoms with Gasteiger partial charge in [0.15, 0.2) is 0 Å². The molecule has 0 amide bonds. The topological polar surface area (TPSA) is 12.0 Å². The van der Waals surface area contributed by atoms with Crippen LogP contribution in [0.3, 0.4) is 0 Å². The van der Waals surface area contributed by atoms with Crippen molar-refractivity contribution < 1.29 is 4.39 Å². The summed E-state index contributed by atoms with van der Waals surface area (Å²) in [6.45, 7) is 7.70. The SMILES string of the molecule is CCCNC(CSc1ccccc1F)C(CC)CC. The molecule has 1 N–H and O–H groups in total. The molecule has 0 aromatic heterocycles. The molecule has 1 aromatic carbocycles. The summed E-state index contributed by atoms with van der Waals surface area (Å²) in [5.41, 5.74) is 0. The van der Waals surface area contributed by atoms with E-state index < -0.39 is 0 Å². The lowest BCUT2D eigenvalue weighted by atomic mass is 9.95. The van der Waals surface area contributed by atoms with Gasteiger partial charge in [-0.05, 0) is 31.0 Å². The van der Waals surface area contributed by atoms with E-state index in [-0.39, 0.29) is 5.82 Å². The molecule has 0 spiro atoms. The molecule has 0 bridgehead atoms. The quantitative estimate of drug-likeness (QED) is 0.658. The summed E-state index contributed by atoms with van der Waals surface area (Å²) >= 11 is 1.63. The maximum atomic E-state index is 13.6. The molecule has 19 heavy (non-hydrogen) atoms.